The fraction of sp³-hybridized carbons (Fsp3) is 0.923. The van der Waals surface area contributed by atoms with E-state index in [2.05, 4.69) is 12.2 Å². The van der Waals surface area contributed by atoms with Crippen molar-refractivity contribution < 1.29 is 9.90 Å². The van der Waals surface area contributed by atoms with E-state index in [4.69, 9.17) is 0 Å². The van der Waals surface area contributed by atoms with Crippen LogP contribution in [0.1, 0.15) is 64.7 Å². The SMILES string of the molecule is CCCCCCCC(O)CCCC(=O)NC. The summed E-state index contributed by atoms with van der Waals surface area (Å²) in [6, 6.07) is 0. The highest BCUT2D eigenvalue weighted by atomic mass is 16.3. The van der Waals surface area contributed by atoms with Gasteiger partial charge in [0.25, 0.3) is 0 Å². The number of carbonyl (C=O) groups is 1. The van der Waals surface area contributed by atoms with E-state index in [-0.39, 0.29) is 12.0 Å². The van der Waals surface area contributed by atoms with Crippen LogP contribution in [0, 0.1) is 0 Å². The highest BCUT2D eigenvalue weighted by Gasteiger charge is 2.05. The summed E-state index contributed by atoms with van der Waals surface area (Å²) in [6.45, 7) is 2.20. The molecule has 96 valence electrons. The third-order valence-electron chi connectivity index (χ3n) is 2.86. The monoisotopic (exact) mass is 229 g/mol. The Morgan fingerprint density at radius 1 is 1.12 bits per heavy atom. The molecule has 0 fully saturated rings. The Kier molecular flexibility index (Phi) is 10.5. The average Bonchev–Trinajstić information content (AvgIpc) is 2.28. The van der Waals surface area contributed by atoms with E-state index in [1.807, 2.05) is 0 Å². The maximum absolute atomic E-state index is 10.9. The summed E-state index contributed by atoms with van der Waals surface area (Å²) in [4.78, 5) is 10.9. The van der Waals surface area contributed by atoms with E-state index in [9.17, 15) is 9.90 Å². The third-order valence-corrected chi connectivity index (χ3v) is 2.86. The van der Waals surface area contributed by atoms with Gasteiger partial charge in [0.1, 0.15) is 0 Å². The Hall–Kier alpha value is -0.570. The molecule has 0 aromatic heterocycles. The lowest BCUT2D eigenvalue weighted by Gasteiger charge is -2.09. The zero-order valence-corrected chi connectivity index (χ0v) is 10.8. The van der Waals surface area contributed by atoms with Crippen LogP contribution in [0.5, 0.6) is 0 Å². The summed E-state index contributed by atoms with van der Waals surface area (Å²) in [5, 5.41) is 12.2. The largest absolute Gasteiger partial charge is 0.393 e. The topological polar surface area (TPSA) is 49.3 Å². The van der Waals surface area contributed by atoms with Crippen LogP contribution in [-0.2, 0) is 4.79 Å². The van der Waals surface area contributed by atoms with Crippen LogP contribution in [0.15, 0.2) is 0 Å². The van der Waals surface area contributed by atoms with Crippen molar-refractivity contribution in [3.05, 3.63) is 0 Å². The van der Waals surface area contributed by atoms with Crippen molar-refractivity contribution in [2.24, 2.45) is 0 Å². The number of amides is 1. The van der Waals surface area contributed by atoms with Crippen molar-refractivity contribution in [1.82, 2.24) is 5.32 Å². The van der Waals surface area contributed by atoms with Crippen molar-refractivity contribution in [2.75, 3.05) is 7.05 Å². The number of carbonyl (C=O) groups excluding carboxylic acids is 1. The first-order valence-corrected chi connectivity index (χ1v) is 6.59. The highest BCUT2D eigenvalue weighted by molar-refractivity contribution is 5.75. The quantitative estimate of drug-likeness (QED) is 0.566. The third kappa shape index (κ3) is 9.97. The van der Waals surface area contributed by atoms with Crippen molar-refractivity contribution in [3.63, 3.8) is 0 Å². The Balaban J connectivity index is 3.24. The normalized spacial score (nSPS) is 12.4. The molecule has 1 amide bonds. The van der Waals surface area contributed by atoms with Crippen LogP contribution in [-0.4, -0.2) is 24.2 Å². The van der Waals surface area contributed by atoms with Crippen LogP contribution in [0.4, 0.5) is 0 Å². The molecular weight excluding hydrogens is 202 g/mol. The first kappa shape index (κ1) is 15.4. The van der Waals surface area contributed by atoms with Gasteiger partial charge in [0.15, 0.2) is 0 Å². The lowest BCUT2D eigenvalue weighted by molar-refractivity contribution is -0.120. The Morgan fingerprint density at radius 3 is 2.38 bits per heavy atom. The smallest absolute Gasteiger partial charge is 0.219 e. The molecule has 1 atom stereocenters. The first-order valence-electron chi connectivity index (χ1n) is 6.59. The second-order valence-electron chi connectivity index (χ2n) is 4.42. The van der Waals surface area contributed by atoms with Gasteiger partial charge >= 0.3 is 0 Å². The Morgan fingerprint density at radius 2 is 1.75 bits per heavy atom. The zero-order chi connectivity index (χ0) is 12.2. The van der Waals surface area contributed by atoms with Gasteiger partial charge in [0.05, 0.1) is 6.10 Å². The van der Waals surface area contributed by atoms with E-state index < -0.39 is 0 Å². The molecule has 0 radical (unpaired) electrons. The van der Waals surface area contributed by atoms with E-state index in [0.717, 1.165) is 25.7 Å². The van der Waals surface area contributed by atoms with Crippen LogP contribution in [0.2, 0.25) is 0 Å². The van der Waals surface area contributed by atoms with E-state index in [1.165, 1.54) is 25.7 Å². The molecule has 0 aromatic carbocycles. The molecule has 0 saturated heterocycles. The molecule has 0 spiro atoms. The van der Waals surface area contributed by atoms with Crippen LogP contribution in [0.25, 0.3) is 0 Å². The van der Waals surface area contributed by atoms with E-state index in [1.54, 1.807) is 7.05 Å². The summed E-state index contributed by atoms with van der Waals surface area (Å²) in [7, 11) is 1.65. The van der Waals surface area contributed by atoms with Gasteiger partial charge in [-0.3, -0.25) is 4.79 Å². The van der Waals surface area contributed by atoms with Gasteiger partial charge in [-0.25, -0.2) is 0 Å². The summed E-state index contributed by atoms with van der Waals surface area (Å²) in [5.74, 6) is 0.0649. The minimum atomic E-state index is -0.216. The van der Waals surface area contributed by atoms with Gasteiger partial charge in [-0.15, -0.1) is 0 Å². The fourth-order valence-electron chi connectivity index (χ4n) is 1.75. The van der Waals surface area contributed by atoms with Gasteiger partial charge < -0.3 is 10.4 Å². The predicted octanol–water partition coefficient (Wildman–Crippen LogP) is 2.62. The molecule has 0 aliphatic carbocycles. The van der Waals surface area contributed by atoms with Crippen molar-refractivity contribution >= 4 is 5.91 Å². The molecule has 3 heteroatoms. The number of aliphatic hydroxyl groups excluding tert-OH is 1. The second kappa shape index (κ2) is 10.9. The molecule has 3 nitrogen and oxygen atoms in total. The van der Waals surface area contributed by atoms with E-state index in [0.29, 0.717) is 6.42 Å². The lowest BCUT2D eigenvalue weighted by Crippen LogP contribution is -2.18. The summed E-state index contributed by atoms with van der Waals surface area (Å²) >= 11 is 0. The molecule has 0 bridgehead atoms. The molecule has 1 unspecified atom stereocenters. The number of aliphatic hydroxyl groups is 1. The first-order chi connectivity index (χ1) is 7.70. The standard InChI is InChI=1S/C13H27NO2/c1-3-4-5-6-7-9-12(15)10-8-11-13(16)14-2/h12,15H,3-11H2,1-2H3,(H,14,16). The Labute approximate surface area is 99.6 Å². The second-order valence-corrected chi connectivity index (χ2v) is 4.42. The molecular formula is C13H27NO2. The molecule has 0 heterocycles. The minimum absolute atomic E-state index is 0.0649. The van der Waals surface area contributed by atoms with Crippen LogP contribution >= 0.6 is 0 Å². The molecule has 0 aliphatic rings. The van der Waals surface area contributed by atoms with Gasteiger partial charge in [-0.05, 0) is 19.3 Å². The molecule has 16 heavy (non-hydrogen) atoms. The fourth-order valence-corrected chi connectivity index (χ4v) is 1.75. The lowest BCUT2D eigenvalue weighted by atomic mass is 10.0. The van der Waals surface area contributed by atoms with E-state index >= 15 is 0 Å². The van der Waals surface area contributed by atoms with Crippen LogP contribution in [0.3, 0.4) is 0 Å². The average molecular weight is 229 g/mol. The van der Waals surface area contributed by atoms with Gasteiger partial charge in [0, 0.05) is 13.5 Å². The molecule has 0 saturated carbocycles. The molecule has 0 aliphatic heterocycles. The number of rotatable bonds is 10. The van der Waals surface area contributed by atoms with Crippen molar-refractivity contribution in [3.8, 4) is 0 Å². The summed E-state index contributed by atoms with van der Waals surface area (Å²) in [5.41, 5.74) is 0. The molecule has 0 aromatic rings. The zero-order valence-electron chi connectivity index (χ0n) is 10.8. The highest BCUT2D eigenvalue weighted by Crippen LogP contribution is 2.11. The number of hydrogen-bond donors (Lipinski definition) is 2. The van der Waals surface area contributed by atoms with Crippen molar-refractivity contribution in [1.29, 1.82) is 0 Å². The summed E-state index contributed by atoms with van der Waals surface area (Å²) in [6.07, 6.45) is 8.91. The van der Waals surface area contributed by atoms with Gasteiger partial charge in [-0.1, -0.05) is 39.0 Å². The molecule has 0 rings (SSSR count). The number of hydrogen-bond acceptors (Lipinski definition) is 2. The summed E-state index contributed by atoms with van der Waals surface area (Å²) < 4.78 is 0. The number of nitrogens with one attached hydrogen (secondary N) is 1. The predicted molar refractivity (Wildman–Crippen MR) is 67.3 cm³/mol. The van der Waals surface area contributed by atoms with Gasteiger partial charge in [0.2, 0.25) is 5.91 Å². The van der Waals surface area contributed by atoms with Crippen molar-refractivity contribution in [2.45, 2.75) is 70.8 Å². The number of unbranched alkanes of at least 4 members (excludes halogenated alkanes) is 4. The van der Waals surface area contributed by atoms with Gasteiger partial charge in [-0.2, -0.15) is 0 Å². The maximum atomic E-state index is 10.9. The minimum Gasteiger partial charge on any atom is -0.393 e. The maximum Gasteiger partial charge on any atom is 0.219 e. The Bertz CT molecular complexity index is 171. The molecule has 2 N–H and O–H groups in total. The van der Waals surface area contributed by atoms with Crippen LogP contribution < -0.4 is 5.32 Å².